The molecule has 1 unspecified atom stereocenters. The second-order valence-electron chi connectivity index (χ2n) is 7.11. The number of carbonyl (C=O) groups is 1. The first-order chi connectivity index (χ1) is 13.3. The summed E-state index contributed by atoms with van der Waals surface area (Å²) in [6, 6.07) is 13.6. The molecule has 0 spiro atoms. The van der Waals surface area contributed by atoms with Gasteiger partial charge in [-0.25, -0.2) is 0 Å². The first-order valence-electron chi connectivity index (χ1n) is 9.47. The SMILES string of the molecule is O=C(c1ccc2ncccc2c1)N(Cc1cccnc1)CC1CC=CCC1. The van der Waals surface area contributed by atoms with Crippen LogP contribution < -0.4 is 0 Å². The van der Waals surface area contributed by atoms with Crippen molar-refractivity contribution < 1.29 is 4.79 Å². The summed E-state index contributed by atoms with van der Waals surface area (Å²) in [5, 5.41) is 0.991. The molecular formula is C23H23N3O. The van der Waals surface area contributed by atoms with Gasteiger partial charge in [0.25, 0.3) is 5.91 Å². The Kier molecular flexibility index (Phi) is 5.24. The molecule has 1 aliphatic rings. The molecule has 27 heavy (non-hydrogen) atoms. The lowest BCUT2D eigenvalue weighted by atomic mass is 9.93. The monoisotopic (exact) mass is 357 g/mol. The Hall–Kier alpha value is -3.01. The molecule has 4 rings (SSSR count). The van der Waals surface area contributed by atoms with Crippen LogP contribution in [0.5, 0.6) is 0 Å². The number of hydrogen-bond acceptors (Lipinski definition) is 3. The van der Waals surface area contributed by atoms with Crippen LogP contribution in [-0.4, -0.2) is 27.3 Å². The highest BCUT2D eigenvalue weighted by Crippen LogP contribution is 2.22. The van der Waals surface area contributed by atoms with Gasteiger partial charge in [-0.05, 0) is 61.1 Å². The van der Waals surface area contributed by atoms with Crippen molar-refractivity contribution in [2.24, 2.45) is 5.92 Å². The number of allylic oxidation sites excluding steroid dienone is 2. The van der Waals surface area contributed by atoms with E-state index in [1.54, 1.807) is 12.4 Å². The first kappa shape index (κ1) is 17.4. The highest BCUT2D eigenvalue weighted by molar-refractivity contribution is 5.97. The van der Waals surface area contributed by atoms with Crippen LogP contribution >= 0.6 is 0 Å². The molecule has 4 nitrogen and oxygen atoms in total. The Balaban J connectivity index is 1.60. The van der Waals surface area contributed by atoms with Gasteiger partial charge in [0.1, 0.15) is 0 Å². The molecule has 0 saturated carbocycles. The summed E-state index contributed by atoms with van der Waals surface area (Å²) in [5.41, 5.74) is 2.68. The van der Waals surface area contributed by atoms with E-state index in [0.29, 0.717) is 18.0 Å². The molecule has 4 heteroatoms. The van der Waals surface area contributed by atoms with Gasteiger partial charge >= 0.3 is 0 Å². The normalized spacial score (nSPS) is 16.4. The van der Waals surface area contributed by atoms with Gasteiger partial charge in [0.2, 0.25) is 0 Å². The molecule has 0 bridgehead atoms. The maximum absolute atomic E-state index is 13.3. The lowest BCUT2D eigenvalue weighted by molar-refractivity contribution is 0.0710. The predicted molar refractivity (Wildman–Crippen MR) is 107 cm³/mol. The Morgan fingerprint density at radius 2 is 2.04 bits per heavy atom. The number of nitrogens with zero attached hydrogens (tertiary/aromatic N) is 3. The first-order valence-corrected chi connectivity index (χ1v) is 9.47. The number of rotatable bonds is 5. The maximum atomic E-state index is 13.3. The van der Waals surface area contributed by atoms with Gasteiger partial charge in [0.05, 0.1) is 5.52 Å². The number of carbonyl (C=O) groups excluding carboxylic acids is 1. The topological polar surface area (TPSA) is 46.1 Å². The predicted octanol–water partition coefficient (Wildman–Crippen LogP) is 4.63. The third-order valence-electron chi connectivity index (χ3n) is 5.09. The average Bonchev–Trinajstić information content (AvgIpc) is 2.74. The van der Waals surface area contributed by atoms with Crippen molar-refractivity contribution in [2.45, 2.75) is 25.8 Å². The third kappa shape index (κ3) is 4.22. The van der Waals surface area contributed by atoms with Crippen molar-refractivity contribution in [3.05, 3.63) is 84.3 Å². The fourth-order valence-corrected chi connectivity index (χ4v) is 3.66. The second-order valence-corrected chi connectivity index (χ2v) is 7.11. The highest BCUT2D eigenvalue weighted by Gasteiger charge is 2.21. The van der Waals surface area contributed by atoms with E-state index >= 15 is 0 Å². The molecule has 1 aliphatic carbocycles. The number of amides is 1. The fourth-order valence-electron chi connectivity index (χ4n) is 3.66. The van der Waals surface area contributed by atoms with Crippen LogP contribution in [0.1, 0.15) is 35.2 Å². The number of aromatic nitrogens is 2. The molecule has 2 heterocycles. The van der Waals surface area contributed by atoms with Gasteiger partial charge in [-0.3, -0.25) is 14.8 Å². The summed E-state index contributed by atoms with van der Waals surface area (Å²) in [4.78, 5) is 23.9. The van der Waals surface area contributed by atoms with Crippen LogP contribution in [0.2, 0.25) is 0 Å². The summed E-state index contributed by atoms with van der Waals surface area (Å²) >= 11 is 0. The molecule has 1 amide bonds. The van der Waals surface area contributed by atoms with Crippen molar-refractivity contribution in [2.75, 3.05) is 6.54 Å². The van der Waals surface area contributed by atoms with E-state index < -0.39 is 0 Å². The van der Waals surface area contributed by atoms with E-state index in [-0.39, 0.29) is 5.91 Å². The minimum atomic E-state index is 0.0687. The van der Waals surface area contributed by atoms with E-state index in [2.05, 4.69) is 22.1 Å². The maximum Gasteiger partial charge on any atom is 0.254 e. The summed E-state index contributed by atoms with van der Waals surface area (Å²) in [7, 11) is 0. The van der Waals surface area contributed by atoms with Gasteiger partial charge in [-0.15, -0.1) is 0 Å². The van der Waals surface area contributed by atoms with Crippen LogP contribution in [-0.2, 0) is 6.54 Å². The Morgan fingerprint density at radius 1 is 1.11 bits per heavy atom. The van der Waals surface area contributed by atoms with E-state index in [0.717, 1.165) is 42.3 Å². The van der Waals surface area contributed by atoms with Gasteiger partial charge in [0.15, 0.2) is 0 Å². The van der Waals surface area contributed by atoms with E-state index in [1.807, 2.05) is 53.6 Å². The van der Waals surface area contributed by atoms with E-state index in [4.69, 9.17) is 0 Å². The number of pyridine rings is 2. The zero-order valence-corrected chi connectivity index (χ0v) is 15.3. The zero-order chi connectivity index (χ0) is 18.5. The molecular weight excluding hydrogens is 334 g/mol. The van der Waals surface area contributed by atoms with Gasteiger partial charge in [0, 0.05) is 42.6 Å². The smallest absolute Gasteiger partial charge is 0.254 e. The number of fused-ring (bicyclic) bond motifs is 1. The summed E-state index contributed by atoms with van der Waals surface area (Å²) in [6.07, 6.45) is 13.1. The fraction of sp³-hybridized carbons (Fsp3) is 0.261. The number of benzene rings is 1. The summed E-state index contributed by atoms with van der Waals surface area (Å²) in [6.45, 7) is 1.35. The molecule has 2 aromatic heterocycles. The summed E-state index contributed by atoms with van der Waals surface area (Å²) < 4.78 is 0. The number of hydrogen-bond donors (Lipinski definition) is 0. The second kappa shape index (κ2) is 8.12. The molecule has 1 aromatic carbocycles. The van der Waals surface area contributed by atoms with Crippen LogP contribution in [0.4, 0.5) is 0 Å². The molecule has 0 N–H and O–H groups in total. The van der Waals surface area contributed by atoms with Crippen LogP contribution in [0.25, 0.3) is 10.9 Å². The quantitative estimate of drug-likeness (QED) is 0.626. The molecule has 0 radical (unpaired) electrons. The van der Waals surface area contributed by atoms with E-state index in [9.17, 15) is 4.79 Å². The standard InChI is InChI=1S/C23H23N3O/c27-23(21-10-11-22-20(14-21)9-5-13-25-22)26(16-18-6-2-1-3-7-18)17-19-8-4-12-24-15-19/h1-2,4-5,8-15,18H,3,6-7,16-17H2. The molecule has 0 aliphatic heterocycles. The highest BCUT2D eigenvalue weighted by atomic mass is 16.2. The van der Waals surface area contributed by atoms with Crippen LogP contribution in [0.3, 0.4) is 0 Å². The Bertz CT molecular complexity index is 952. The van der Waals surface area contributed by atoms with Crippen molar-refractivity contribution in [1.29, 1.82) is 0 Å². The molecule has 136 valence electrons. The van der Waals surface area contributed by atoms with Gasteiger partial charge in [-0.2, -0.15) is 0 Å². The van der Waals surface area contributed by atoms with Crippen molar-refractivity contribution in [3.63, 3.8) is 0 Å². The molecule has 0 saturated heterocycles. The molecule has 0 fully saturated rings. The minimum absolute atomic E-state index is 0.0687. The zero-order valence-electron chi connectivity index (χ0n) is 15.3. The Labute approximate surface area is 159 Å². The lowest BCUT2D eigenvalue weighted by Crippen LogP contribution is -2.35. The van der Waals surface area contributed by atoms with Gasteiger partial charge in [-0.1, -0.05) is 24.3 Å². The summed E-state index contributed by atoms with van der Waals surface area (Å²) in [5.74, 6) is 0.580. The van der Waals surface area contributed by atoms with Crippen LogP contribution in [0, 0.1) is 5.92 Å². The largest absolute Gasteiger partial charge is 0.334 e. The van der Waals surface area contributed by atoms with Crippen LogP contribution in [0.15, 0.2) is 73.2 Å². The molecule has 3 aromatic rings. The van der Waals surface area contributed by atoms with Crippen molar-refractivity contribution in [3.8, 4) is 0 Å². The Morgan fingerprint density at radius 3 is 2.85 bits per heavy atom. The lowest BCUT2D eigenvalue weighted by Gasteiger charge is -2.28. The average molecular weight is 357 g/mol. The van der Waals surface area contributed by atoms with E-state index in [1.165, 1.54) is 0 Å². The molecule has 1 atom stereocenters. The minimum Gasteiger partial charge on any atom is -0.334 e. The third-order valence-corrected chi connectivity index (χ3v) is 5.09. The van der Waals surface area contributed by atoms with Gasteiger partial charge < -0.3 is 4.90 Å². The van der Waals surface area contributed by atoms with Crippen molar-refractivity contribution >= 4 is 16.8 Å². The van der Waals surface area contributed by atoms with Crippen molar-refractivity contribution in [1.82, 2.24) is 14.9 Å².